The molecule has 0 heterocycles. The average Bonchev–Trinajstić information content (AvgIpc) is 1.84. The van der Waals surface area contributed by atoms with Gasteiger partial charge >= 0.3 is 5.97 Å². The van der Waals surface area contributed by atoms with Crippen molar-refractivity contribution in [1.29, 1.82) is 0 Å². The van der Waals surface area contributed by atoms with Gasteiger partial charge in [0.25, 0.3) is 5.02 Å². The van der Waals surface area contributed by atoms with E-state index >= 15 is 0 Å². The Bertz CT molecular complexity index is 137. The van der Waals surface area contributed by atoms with Crippen LogP contribution in [0.5, 0.6) is 0 Å². The van der Waals surface area contributed by atoms with Crippen molar-refractivity contribution < 1.29 is 14.6 Å². The quantitative estimate of drug-likeness (QED) is 0.562. The Hall–Kier alpha value is 0.01000. The third kappa shape index (κ3) is 8.11. The van der Waals surface area contributed by atoms with E-state index in [2.05, 4.69) is 4.74 Å². The van der Waals surface area contributed by atoms with Gasteiger partial charge in [0.05, 0.1) is 6.10 Å². The highest BCUT2D eigenvalue weighted by atomic mass is 35.5. The van der Waals surface area contributed by atoms with Gasteiger partial charge in [-0.3, -0.25) is 4.79 Å². The van der Waals surface area contributed by atoms with E-state index in [0.717, 1.165) is 0 Å². The van der Waals surface area contributed by atoms with Crippen molar-refractivity contribution in [3.05, 3.63) is 0 Å². The molecule has 0 aromatic carbocycles. The number of aliphatic hydroxyl groups is 1. The number of ether oxygens (including phenoxy) is 1. The van der Waals surface area contributed by atoms with Gasteiger partial charge in [0.15, 0.2) is 0 Å². The molecule has 1 atom stereocenters. The molecule has 0 amide bonds. The summed E-state index contributed by atoms with van der Waals surface area (Å²) < 4.78 is 4.44. The smallest absolute Gasteiger partial charge is 0.308 e. The van der Waals surface area contributed by atoms with E-state index in [1.54, 1.807) is 6.92 Å². The van der Waals surface area contributed by atoms with E-state index in [-0.39, 0.29) is 12.5 Å². The number of hydrogen-bond donors (Lipinski definition) is 1. The minimum atomic E-state index is -1.09. The fraction of sp³-hybridized carbons (Fsp3) is 0.857. The predicted octanol–water partition coefficient (Wildman–Crippen LogP) is 1.84. The Kier molecular flexibility index (Phi) is 6.52. The van der Waals surface area contributed by atoms with Crippen LogP contribution in [-0.4, -0.2) is 22.2 Å². The van der Waals surface area contributed by atoms with Crippen molar-refractivity contribution in [2.45, 2.75) is 37.3 Å². The highest BCUT2D eigenvalue weighted by Crippen LogP contribution is 2.07. The molecule has 0 bridgehead atoms. The zero-order valence-corrected chi connectivity index (χ0v) is 8.31. The van der Waals surface area contributed by atoms with Gasteiger partial charge in [-0.2, -0.15) is 0 Å². The summed E-state index contributed by atoms with van der Waals surface area (Å²) in [6.45, 7) is 1.66. The van der Waals surface area contributed by atoms with Gasteiger partial charge in [-0.05, 0) is 19.8 Å². The fourth-order valence-corrected chi connectivity index (χ4v) is 0.899. The van der Waals surface area contributed by atoms with Crippen molar-refractivity contribution in [3.8, 4) is 0 Å². The van der Waals surface area contributed by atoms with Gasteiger partial charge in [0.2, 0.25) is 0 Å². The van der Waals surface area contributed by atoms with Crippen LogP contribution in [0, 0.1) is 0 Å². The summed E-state index contributed by atoms with van der Waals surface area (Å²) in [7, 11) is 0. The third-order valence-electron chi connectivity index (χ3n) is 1.22. The van der Waals surface area contributed by atoms with Gasteiger partial charge in [0.1, 0.15) is 0 Å². The summed E-state index contributed by atoms with van der Waals surface area (Å²) in [4.78, 5) is 10.8. The molecule has 1 unspecified atom stereocenters. The van der Waals surface area contributed by atoms with Crippen LogP contribution in [-0.2, 0) is 9.53 Å². The summed E-state index contributed by atoms with van der Waals surface area (Å²) in [6.07, 6.45) is 1.00. The average molecular weight is 215 g/mol. The number of esters is 1. The first-order chi connectivity index (χ1) is 5.52. The molecule has 0 spiro atoms. The van der Waals surface area contributed by atoms with E-state index in [9.17, 15) is 4.79 Å². The van der Waals surface area contributed by atoms with Crippen LogP contribution in [0.4, 0.5) is 0 Å². The Morgan fingerprint density at radius 2 is 2.17 bits per heavy atom. The summed E-state index contributed by atoms with van der Waals surface area (Å²) in [5.74, 6) is -0.439. The lowest BCUT2D eigenvalue weighted by Gasteiger charge is -2.05. The van der Waals surface area contributed by atoms with Gasteiger partial charge in [0, 0.05) is 6.42 Å². The Balaban J connectivity index is 3.32. The maximum Gasteiger partial charge on any atom is 0.308 e. The summed E-state index contributed by atoms with van der Waals surface area (Å²) in [6, 6.07) is 0. The van der Waals surface area contributed by atoms with Gasteiger partial charge < -0.3 is 9.84 Å². The molecular weight excluding hydrogens is 203 g/mol. The maximum atomic E-state index is 10.8. The molecule has 0 radical (unpaired) electrons. The lowest BCUT2D eigenvalue weighted by molar-refractivity contribution is -0.143. The molecule has 72 valence electrons. The molecular formula is C7H12Cl2O3. The Labute approximate surface area is 81.6 Å². The topological polar surface area (TPSA) is 46.5 Å². The van der Waals surface area contributed by atoms with E-state index in [1.165, 1.54) is 0 Å². The van der Waals surface area contributed by atoms with Crippen molar-refractivity contribution in [3.63, 3.8) is 0 Å². The lowest BCUT2D eigenvalue weighted by atomic mass is 10.2. The van der Waals surface area contributed by atoms with Crippen LogP contribution in [0.1, 0.15) is 26.2 Å². The number of alkyl halides is 2. The molecule has 0 fully saturated rings. The van der Waals surface area contributed by atoms with Crippen LogP contribution in [0.3, 0.4) is 0 Å². The fourth-order valence-electron chi connectivity index (χ4n) is 0.700. The molecule has 0 aliphatic heterocycles. The summed E-state index contributed by atoms with van der Waals surface area (Å²) in [5, 5.41) is 7.75. The first kappa shape index (κ1) is 12.0. The highest BCUT2D eigenvalue weighted by molar-refractivity contribution is 6.43. The van der Waals surface area contributed by atoms with Crippen molar-refractivity contribution in [1.82, 2.24) is 0 Å². The van der Waals surface area contributed by atoms with Crippen LogP contribution in [0.25, 0.3) is 0 Å². The molecule has 0 rings (SSSR count). The number of carbonyl (C=O) groups is 1. The van der Waals surface area contributed by atoms with Crippen LogP contribution >= 0.6 is 23.2 Å². The number of carbonyl (C=O) groups excluding carboxylic acids is 1. The van der Waals surface area contributed by atoms with Crippen LogP contribution in [0.15, 0.2) is 0 Å². The SMILES string of the molecule is CC(O)CCCC(=O)OC(Cl)Cl. The zero-order chi connectivity index (χ0) is 9.56. The van der Waals surface area contributed by atoms with E-state index < -0.39 is 11.0 Å². The van der Waals surface area contributed by atoms with Gasteiger partial charge in [-0.1, -0.05) is 23.2 Å². The molecule has 3 nitrogen and oxygen atoms in total. The van der Waals surface area contributed by atoms with Crippen molar-refractivity contribution >= 4 is 29.2 Å². The second-order valence-corrected chi connectivity index (χ2v) is 3.51. The second kappa shape index (κ2) is 6.52. The van der Waals surface area contributed by atoms with E-state index in [0.29, 0.717) is 12.8 Å². The summed E-state index contributed by atoms with van der Waals surface area (Å²) in [5.41, 5.74) is 0. The molecule has 0 aromatic heterocycles. The molecule has 12 heavy (non-hydrogen) atoms. The molecule has 5 heteroatoms. The first-order valence-electron chi connectivity index (χ1n) is 3.68. The highest BCUT2D eigenvalue weighted by Gasteiger charge is 2.07. The number of rotatable bonds is 5. The van der Waals surface area contributed by atoms with Gasteiger partial charge in [-0.15, -0.1) is 0 Å². The Morgan fingerprint density at radius 3 is 2.58 bits per heavy atom. The molecule has 0 aliphatic rings. The van der Waals surface area contributed by atoms with E-state index in [4.69, 9.17) is 28.3 Å². The number of halogens is 2. The first-order valence-corrected chi connectivity index (χ1v) is 4.55. The van der Waals surface area contributed by atoms with Crippen molar-refractivity contribution in [2.75, 3.05) is 0 Å². The zero-order valence-electron chi connectivity index (χ0n) is 6.80. The normalized spacial score (nSPS) is 13.1. The molecule has 0 saturated carbocycles. The summed E-state index contributed by atoms with van der Waals surface area (Å²) >= 11 is 10.4. The third-order valence-corrected chi connectivity index (χ3v) is 1.40. The molecule has 0 saturated heterocycles. The Morgan fingerprint density at radius 1 is 1.58 bits per heavy atom. The van der Waals surface area contributed by atoms with Crippen molar-refractivity contribution in [2.24, 2.45) is 0 Å². The molecule has 0 aliphatic carbocycles. The largest absolute Gasteiger partial charge is 0.431 e. The molecule has 0 aromatic rings. The number of hydrogen-bond acceptors (Lipinski definition) is 3. The standard InChI is InChI=1S/C7H12Cl2O3/c1-5(10)3-2-4-6(11)12-7(8)9/h5,7,10H,2-4H2,1H3. The van der Waals surface area contributed by atoms with E-state index in [1.807, 2.05) is 0 Å². The molecule has 1 N–H and O–H groups in total. The minimum absolute atomic E-state index is 0.237. The number of aliphatic hydroxyl groups excluding tert-OH is 1. The minimum Gasteiger partial charge on any atom is -0.431 e. The van der Waals surface area contributed by atoms with Crippen LogP contribution in [0.2, 0.25) is 0 Å². The second-order valence-electron chi connectivity index (χ2n) is 2.49. The van der Waals surface area contributed by atoms with Gasteiger partial charge in [-0.25, -0.2) is 0 Å². The predicted molar refractivity (Wildman–Crippen MR) is 47.1 cm³/mol. The monoisotopic (exact) mass is 214 g/mol. The maximum absolute atomic E-state index is 10.8. The van der Waals surface area contributed by atoms with Crippen LogP contribution < -0.4 is 0 Å². The lowest BCUT2D eigenvalue weighted by Crippen LogP contribution is -2.08.